The van der Waals surface area contributed by atoms with E-state index in [9.17, 15) is 5.11 Å². The minimum Gasteiger partial charge on any atom is -0.393 e. The van der Waals surface area contributed by atoms with Crippen molar-refractivity contribution in [3.05, 3.63) is 17.2 Å². The fourth-order valence-corrected chi connectivity index (χ4v) is 1.83. The molecule has 3 heteroatoms. The topological polar surface area (TPSA) is 38.0 Å². The summed E-state index contributed by atoms with van der Waals surface area (Å²) in [7, 11) is 2.04. The number of hydrogen-bond donors (Lipinski definition) is 1. The van der Waals surface area contributed by atoms with E-state index in [1.54, 1.807) is 0 Å². The van der Waals surface area contributed by atoms with Crippen LogP contribution in [-0.2, 0) is 19.9 Å². The number of rotatable bonds is 0. The highest BCUT2D eigenvalue weighted by atomic mass is 16.3. The first-order chi connectivity index (χ1) is 5.68. The Morgan fingerprint density at radius 1 is 1.58 bits per heavy atom. The molecule has 0 saturated carbocycles. The highest BCUT2D eigenvalue weighted by Crippen LogP contribution is 2.20. The largest absolute Gasteiger partial charge is 0.393 e. The molecule has 0 bridgehead atoms. The zero-order valence-corrected chi connectivity index (χ0v) is 7.54. The highest BCUT2D eigenvalue weighted by molar-refractivity contribution is 5.20. The van der Waals surface area contributed by atoms with Crippen molar-refractivity contribution in [1.29, 1.82) is 0 Å². The van der Waals surface area contributed by atoms with Crippen LogP contribution in [0.4, 0.5) is 0 Å². The predicted molar refractivity (Wildman–Crippen MR) is 46.0 cm³/mol. The van der Waals surface area contributed by atoms with E-state index in [1.165, 1.54) is 5.69 Å². The molecule has 1 N–H and O–H groups in total. The van der Waals surface area contributed by atoms with Crippen LogP contribution >= 0.6 is 0 Å². The number of nitrogens with zero attached hydrogens (tertiary/aromatic N) is 2. The Kier molecular flexibility index (Phi) is 1.68. The molecule has 1 aliphatic carbocycles. The molecule has 0 aromatic carbocycles. The first-order valence-electron chi connectivity index (χ1n) is 4.37. The fourth-order valence-electron chi connectivity index (χ4n) is 1.83. The molecular weight excluding hydrogens is 152 g/mol. The average molecular weight is 166 g/mol. The lowest BCUT2D eigenvalue weighted by atomic mass is 9.98. The lowest BCUT2D eigenvalue weighted by molar-refractivity contribution is 0.156. The molecule has 0 radical (unpaired) electrons. The molecule has 1 aliphatic rings. The van der Waals surface area contributed by atoms with E-state index in [4.69, 9.17) is 0 Å². The number of hydrogen-bond acceptors (Lipinski definition) is 2. The van der Waals surface area contributed by atoms with E-state index in [2.05, 4.69) is 9.55 Å². The Labute approximate surface area is 72.0 Å². The Bertz CT molecular complexity index is 304. The summed E-state index contributed by atoms with van der Waals surface area (Å²) in [4.78, 5) is 4.40. The third kappa shape index (κ3) is 1.05. The Balaban J connectivity index is 2.43. The van der Waals surface area contributed by atoms with Gasteiger partial charge in [-0.25, -0.2) is 4.98 Å². The Morgan fingerprint density at radius 3 is 3.08 bits per heavy atom. The quantitative estimate of drug-likeness (QED) is 0.612. The predicted octanol–water partition coefficient (Wildman–Crippen LogP) is 0.578. The normalized spacial score (nSPS) is 22.4. The summed E-state index contributed by atoms with van der Waals surface area (Å²) < 4.78 is 2.13. The molecule has 1 unspecified atom stereocenters. The lowest BCUT2D eigenvalue weighted by Gasteiger charge is -2.16. The molecule has 66 valence electrons. The van der Waals surface area contributed by atoms with Gasteiger partial charge in [0.2, 0.25) is 0 Å². The molecule has 0 aliphatic heterocycles. The molecule has 2 rings (SSSR count). The molecule has 3 nitrogen and oxygen atoms in total. The van der Waals surface area contributed by atoms with Gasteiger partial charge in [0.25, 0.3) is 0 Å². The second kappa shape index (κ2) is 2.59. The zero-order valence-electron chi connectivity index (χ0n) is 7.54. The number of aliphatic hydroxyl groups excluding tert-OH is 1. The minimum absolute atomic E-state index is 0.174. The van der Waals surface area contributed by atoms with Gasteiger partial charge in [-0.1, -0.05) is 0 Å². The molecule has 1 aromatic heterocycles. The molecule has 0 fully saturated rings. The van der Waals surface area contributed by atoms with Crippen molar-refractivity contribution < 1.29 is 5.11 Å². The minimum atomic E-state index is -0.174. The lowest BCUT2D eigenvalue weighted by Crippen LogP contribution is -2.19. The van der Waals surface area contributed by atoms with Gasteiger partial charge in [-0.15, -0.1) is 0 Å². The number of fused-ring (bicyclic) bond motifs is 1. The van der Waals surface area contributed by atoms with Crippen LogP contribution in [0.5, 0.6) is 0 Å². The molecule has 0 amide bonds. The van der Waals surface area contributed by atoms with Crippen molar-refractivity contribution in [3.63, 3.8) is 0 Å². The summed E-state index contributed by atoms with van der Waals surface area (Å²) in [5.41, 5.74) is 2.39. The average Bonchev–Trinajstić information content (AvgIpc) is 2.28. The van der Waals surface area contributed by atoms with Gasteiger partial charge < -0.3 is 9.67 Å². The Hall–Kier alpha value is -0.830. The van der Waals surface area contributed by atoms with Gasteiger partial charge in [-0.3, -0.25) is 0 Å². The van der Waals surface area contributed by atoms with Gasteiger partial charge in [0.15, 0.2) is 0 Å². The van der Waals surface area contributed by atoms with Crippen LogP contribution in [-0.4, -0.2) is 20.8 Å². The maximum absolute atomic E-state index is 9.41. The smallest absolute Gasteiger partial charge is 0.105 e. The van der Waals surface area contributed by atoms with E-state index in [-0.39, 0.29) is 6.10 Å². The van der Waals surface area contributed by atoms with Gasteiger partial charge in [-0.05, 0) is 19.8 Å². The van der Waals surface area contributed by atoms with Crippen LogP contribution in [0.25, 0.3) is 0 Å². The zero-order chi connectivity index (χ0) is 8.72. The highest BCUT2D eigenvalue weighted by Gasteiger charge is 2.21. The molecule has 0 saturated heterocycles. The summed E-state index contributed by atoms with van der Waals surface area (Å²) in [5.74, 6) is 1.05. The third-order valence-corrected chi connectivity index (χ3v) is 2.66. The first kappa shape index (κ1) is 7.80. The summed E-state index contributed by atoms with van der Waals surface area (Å²) in [6.45, 7) is 2.00. The van der Waals surface area contributed by atoms with Crippen molar-refractivity contribution in [2.75, 3.05) is 0 Å². The SMILES string of the molecule is Cc1nc2c(n1C)CCC(O)C2. The van der Waals surface area contributed by atoms with Crippen molar-refractivity contribution in [2.24, 2.45) is 7.05 Å². The van der Waals surface area contributed by atoms with Crippen LogP contribution in [0.1, 0.15) is 23.6 Å². The van der Waals surface area contributed by atoms with Crippen molar-refractivity contribution in [1.82, 2.24) is 9.55 Å². The summed E-state index contributed by atoms with van der Waals surface area (Å²) in [5, 5.41) is 9.41. The molecular formula is C9H14N2O. The van der Waals surface area contributed by atoms with Gasteiger partial charge >= 0.3 is 0 Å². The standard InChI is InChI=1S/C9H14N2O/c1-6-10-8-5-7(12)3-4-9(8)11(6)2/h7,12H,3-5H2,1-2H3. The summed E-state index contributed by atoms with van der Waals surface area (Å²) >= 11 is 0. The van der Waals surface area contributed by atoms with Crippen molar-refractivity contribution in [3.8, 4) is 0 Å². The Morgan fingerprint density at radius 2 is 2.33 bits per heavy atom. The van der Waals surface area contributed by atoms with Crippen LogP contribution < -0.4 is 0 Å². The molecule has 12 heavy (non-hydrogen) atoms. The maximum Gasteiger partial charge on any atom is 0.105 e. The van der Waals surface area contributed by atoms with E-state index in [0.717, 1.165) is 30.8 Å². The van der Waals surface area contributed by atoms with Crippen LogP contribution in [0.2, 0.25) is 0 Å². The molecule has 1 heterocycles. The number of aromatic nitrogens is 2. The molecule has 0 spiro atoms. The number of aliphatic hydroxyl groups is 1. The van der Waals surface area contributed by atoms with Crippen LogP contribution in [0, 0.1) is 6.92 Å². The fraction of sp³-hybridized carbons (Fsp3) is 0.667. The van der Waals surface area contributed by atoms with Gasteiger partial charge in [0.1, 0.15) is 5.82 Å². The second-order valence-electron chi connectivity index (χ2n) is 3.51. The second-order valence-corrected chi connectivity index (χ2v) is 3.51. The van der Waals surface area contributed by atoms with Crippen molar-refractivity contribution in [2.45, 2.75) is 32.3 Å². The monoisotopic (exact) mass is 166 g/mol. The van der Waals surface area contributed by atoms with E-state index >= 15 is 0 Å². The molecule has 1 aromatic rings. The first-order valence-corrected chi connectivity index (χ1v) is 4.37. The third-order valence-electron chi connectivity index (χ3n) is 2.66. The summed E-state index contributed by atoms with van der Waals surface area (Å²) in [6.07, 6.45) is 2.41. The van der Waals surface area contributed by atoms with Crippen LogP contribution in [0.3, 0.4) is 0 Å². The van der Waals surface area contributed by atoms with Gasteiger partial charge in [0.05, 0.1) is 11.8 Å². The number of imidazole rings is 1. The number of aryl methyl sites for hydroxylation is 1. The van der Waals surface area contributed by atoms with E-state index < -0.39 is 0 Å². The summed E-state index contributed by atoms with van der Waals surface area (Å²) in [6, 6.07) is 0. The molecule has 1 atom stereocenters. The van der Waals surface area contributed by atoms with Gasteiger partial charge in [-0.2, -0.15) is 0 Å². The van der Waals surface area contributed by atoms with E-state index in [0.29, 0.717) is 0 Å². The van der Waals surface area contributed by atoms with Crippen molar-refractivity contribution >= 4 is 0 Å². The van der Waals surface area contributed by atoms with Crippen LogP contribution in [0.15, 0.2) is 0 Å². The van der Waals surface area contributed by atoms with Gasteiger partial charge in [0, 0.05) is 19.2 Å². The maximum atomic E-state index is 9.41. The van der Waals surface area contributed by atoms with E-state index in [1.807, 2.05) is 14.0 Å².